The van der Waals surface area contributed by atoms with Crippen molar-refractivity contribution in [3.63, 3.8) is 0 Å². The first-order valence-corrected chi connectivity index (χ1v) is 4.43. The van der Waals surface area contributed by atoms with E-state index in [9.17, 15) is 0 Å². The van der Waals surface area contributed by atoms with Gasteiger partial charge >= 0.3 is 0 Å². The maximum atomic E-state index is 5.41. The summed E-state index contributed by atoms with van der Waals surface area (Å²) in [6.45, 7) is 1.02. The molecule has 1 spiro atoms. The summed E-state index contributed by atoms with van der Waals surface area (Å²) in [5, 5.41) is 4.07. The highest BCUT2D eigenvalue weighted by Crippen LogP contribution is 2.70. The second-order valence-electron chi connectivity index (χ2n) is 4.09. The minimum Gasteiger partial charge on any atom is -0.367 e. The van der Waals surface area contributed by atoms with Crippen molar-refractivity contribution in [2.45, 2.75) is 25.8 Å². The zero-order valence-corrected chi connectivity index (χ0v) is 6.90. The molecule has 3 rings (SSSR count). The molecule has 1 atom stereocenters. The Kier molecular flexibility index (Phi) is 0.975. The Morgan fingerprint density at radius 3 is 3.00 bits per heavy atom. The normalized spacial score (nSPS) is 29.2. The number of nitrogen functional groups attached to an aromatic ring is 1. The molecular formula is C8H12N4. The third-order valence-electron chi connectivity index (χ3n) is 3.21. The molecule has 4 heteroatoms. The van der Waals surface area contributed by atoms with Crippen LogP contribution in [0.4, 0.5) is 5.95 Å². The predicted molar refractivity (Wildman–Crippen MR) is 44.2 cm³/mol. The van der Waals surface area contributed by atoms with E-state index in [-0.39, 0.29) is 0 Å². The Balaban J connectivity index is 1.69. The molecule has 0 bridgehead atoms. The number of aromatic nitrogens is 3. The van der Waals surface area contributed by atoms with Crippen molar-refractivity contribution < 1.29 is 0 Å². The second-order valence-corrected chi connectivity index (χ2v) is 4.09. The number of hydrogen-bond donors (Lipinski definition) is 1. The molecule has 0 amide bonds. The summed E-state index contributed by atoms with van der Waals surface area (Å²) in [5.74, 6) is 1.25. The summed E-state index contributed by atoms with van der Waals surface area (Å²) in [7, 11) is 0. The highest BCUT2D eigenvalue weighted by atomic mass is 15.4. The molecule has 0 radical (unpaired) electrons. The van der Waals surface area contributed by atoms with Gasteiger partial charge in [0, 0.05) is 6.54 Å². The molecule has 1 heterocycles. The van der Waals surface area contributed by atoms with Gasteiger partial charge in [0.05, 0.1) is 0 Å². The zero-order chi connectivity index (χ0) is 8.18. The van der Waals surface area contributed by atoms with E-state index in [1.807, 2.05) is 4.68 Å². The van der Waals surface area contributed by atoms with Gasteiger partial charge in [-0.2, -0.15) is 0 Å². The summed E-state index contributed by atoms with van der Waals surface area (Å²) < 4.78 is 1.87. The first-order valence-electron chi connectivity index (χ1n) is 4.43. The van der Waals surface area contributed by atoms with Crippen molar-refractivity contribution in [2.24, 2.45) is 11.3 Å². The lowest BCUT2D eigenvalue weighted by molar-refractivity contribution is 0.526. The lowest BCUT2D eigenvalue weighted by Gasteiger charge is -1.96. The van der Waals surface area contributed by atoms with E-state index >= 15 is 0 Å². The first kappa shape index (κ1) is 6.46. The molecule has 4 nitrogen and oxygen atoms in total. The van der Waals surface area contributed by atoms with Crippen LogP contribution in [0.15, 0.2) is 6.33 Å². The van der Waals surface area contributed by atoms with Crippen LogP contribution in [0.3, 0.4) is 0 Å². The van der Waals surface area contributed by atoms with Crippen molar-refractivity contribution in [1.82, 2.24) is 14.8 Å². The summed E-state index contributed by atoms with van der Waals surface area (Å²) >= 11 is 0. The van der Waals surface area contributed by atoms with E-state index in [2.05, 4.69) is 10.1 Å². The molecule has 0 aromatic carbocycles. The Morgan fingerprint density at radius 2 is 2.50 bits per heavy atom. The van der Waals surface area contributed by atoms with Gasteiger partial charge in [-0.05, 0) is 30.6 Å². The van der Waals surface area contributed by atoms with E-state index in [0.29, 0.717) is 5.95 Å². The van der Waals surface area contributed by atoms with Crippen LogP contribution in [0, 0.1) is 11.3 Å². The minimum atomic E-state index is 0.389. The lowest BCUT2D eigenvalue weighted by Crippen LogP contribution is -2.02. The first-order chi connectivity index (χ1) is 5.78. The summed E-state index contributed by atoms with van der Waals surface area (Å²) in [6, 6.07) is 0. The second kappa shape index (κ2) is 1.81. The van der Waals surface area contributed by atoms with Gasteiger partial charge in [0.2, 0.25) is 5.95 Å². The van der Waals surface area contributed by atoms with Gasteiger partial charge in [-0.25, -0.2) is 4.98 Å². The minimum absolute atomic E-state index is 0.389. The monoisotopic (exact) mass is 164 g/mol. The largest absolute Gasteiger partial charge is 0.367 e. The number of rotatable bonds is 2. The average molecular weight is 164 g/mol. The molecule has 1 aromatic rings. The number of nitrogens with two attached hydrogens (primary N) is 1. The molecule has 0 saturated heterocycles. The zero-order valence-electron chi connectivity index (χ0n) is 6.90. The van der Waals surface area contributed by atoms with Gasteiger partial charge in [-0.3, -0.25) is 4.68 Å². The fraction of sp³-hybridized carbons (Fsp3) is 0.750. The van der Waals surface area contributed by atoms with Crippen LogP contribution < -0.4 is 5.73 Å². The molecule has 1 unspecified atom stereocenters. The third kappa shape index (κ3) is 0.838. The average Bonchev–Trinajstić information content (AvgIpc) is 2.89. The van der Waals surface area contributed by atoms with Crippen molar-refractivity contribution >= 4 is 5.95 Å². The third-order valence-corrected chi connectivity index (χ3v) is 3.21. The van der Waals surface area contributed by atoms with Gasteiger partial charge < -0.3 is 5.73 Å². The Bertz CT molecular complexity index is 313. The highest BCUT2D eigenvalue weighted by molar-refractivity contribution is 5.13. The maximum Gasteiger partial charge on any atom is 0.239 e. The Labute approximate surface area is 70.8 Å². The Hall–Kier alpha value is -1.06. The Morgan fingerprint density at radius 1 is 1.67 bits per heavy atom. The van der Waals surface area contributed by atoms with Crippen LogP contribution >= 0.6 is 0 Å². The standard InChI is InChI=1S/C8H12N4/c9-7-10-5-12(11-7)4-6-3-8(6)1-2-8/h5-6H,1-4H2,(H2,9,11). The van der Waals surface area contributed by atoms with E-state index in [1.165, 1.54) is 19.3 Å². The SMILES string of the molecule is Nc1ncn(CC2CC23CC3)n1. The fourth-order valence-electron chi connectivity index (χ4n) is 2.09. The van der Waals surface area contributed by atoms with Crippen molar-refractivity contribution in [3.05, 3.63) is 6.33 Å². The molecule has 2 saturated carbocycles. The van der Waals surface area contributed by atoms with Crippen molar-refractivity contribution in [1.29, 1.82) is 0 Å². The van der Waals surface area contributed by atoms with Crippen LogP contribution in [0.2, 0.25) is 0 Å². The van der Waals surface area contributed by atoms with Gasteiger partial charge in [-0.15, -0.1) is 5.10 Å². The molecule has 2 N–H and O–H groups in total. The maximum absolute atomic E-state index is 5.41. The topological polar surface area (TPSA) is 56.7 Å². The van der Waals surface area contributed by atoms with Gasteiger partial charge in [-0.1, -0.05) is 0 Å². The number of anilines is 1. The molecule has 0 aliphatic heterocycles. The van der Waals surface area contributed by atoms with Crippen LogP contribution in [-0.4, -0.2) is 14.8 Å². The number of hydrogen-bond acceptors (Lipinski definition) is 3. The summed E-state index contributed by atoms with van der Waals surface area (Å²) in [5.41, 5.74) is 6.17. The van der Waals surface area contributed by atoms with E-state index in [4.69, 9.17) is 5.73 Å². The molecule has 2 aliphatic rings. The smallest absolute Gasteiger partial charge is 0.239 e. The van der Waals surface area contributed by atoms with Crippen LogP contribution in [0.5, 0.6) is 0 Å². The van der Waals surface area contributed by atoms with Crippen LogP contribution in [-0.2, 0) is 6.54 Å². The highest BCUT2D eigenvalue weighted by Gasteiger charge is 2.62. The van der Waals surface area contributed by atoms with Gasteiger partial charge in [0.1, 0.15) is 6.33 Å². The summed E-state index contributed by atoms with van der Waals surface area (Å²) in [6.07, 6.45) is 5.99. The van der Waals surface area contributed by atoms with Crippen molar-refractivity contribution in [2.75, 3.05) is 5.73 Å². The molecule has 2 fully saturated rings. The molecular weight excluding hydrogens is 152 g/mol. The molecule has 12 heavy (non-hydrogen) atoms. The fourth-order valence-corrected chi connectivity index (χ4v) is 2.09. The van der Waals surface area contributed by atoms with E-state index in [0.717, 1.165) is 17.9 Å². The van der Waals surface area contributed by atoms with Crippen molar-refractivity contribution in [3.8, 4) is 0 Å². The molecule has 2 aliphatic carbocycles. The number of nitrogens with zero attached hydrogens (tertiary/aromatic N) is 3. The molecule has 1 aromatic heterocycles. The van der Waals surface area contributed by atoms with E-state index in [1.54, 1.807) is 6.33 Å². The molecule has 64 valence electrons. The summed E-state index contributed by atoms with van der Waals surface area (Å²) in [4.78, 5) is 3.90. The van der Waals surface area contributed by atoms with E-state index < -0.39 is 0 Å². The van der Waals surface area contributed by atoms with Crippen LogP contribution in [0.1, 0.15) is 19.3 Å². The predicted octanol–water partition coefficient (Wildman–Crippen LogP) is 0.660. The van der Waals surface area contributed by atoms with Crippen LogP contribution in [0.25, 0.3) is 0 Å². The van der Waals surface area contributed by atoms with Gasteiger partial charge in [0.15, 0.2) is 0 Å². The van der Waals surface area contributed by atoms with Gasteiger partial charge in [0.25, 0.3) is 0 Å². The lowest BCUT2D eigenvalue weighted by atomic mass is 10.3. The quantitative estimate of drug-likeness (QED) is 0.698.